The second kappa shape index (κ2) is 6.72. The molecule has 5 nitrogen and oxygen atoms in total. The van der Waals surface area contributed by atoms with Crippen LogP contribution >= 0.6 is 0 Å². The molecule has 1 aromatic carbocycles. The lowest BCUT2D eigenvalue weighted by atomic mass is 10.0. The smallest absolute Gasteiger partial charge is 0.317 e. The summed E-state index contributed by atoms with van der Waals surface area (Å²) in [5.74, 6) is 0.157. The molecule has 110 valence electrons. The third-order valence-corrected chi connectivity index (χ3v) is 3.90. The van der Waals surface area contributed by atoms with Crippen molar-refractivity contribution in [2.75, 3.05) is 39.8 Å². The monoisotopic (exact) mass is 278 g/mol. The van der Waals surface area contributed by atoms with Gasteiger partial charge in [0.2, 0.25) is 0 Å². The van der Waals surface area contributed by atoms with Crippen LogP contribution < -0.4 is 4.74 Å². The van der Waals surface area contributed by atoms with E-state index in [1.165, 1.54) is 5.56 Å². The summed E-state index contributed by atoms with van der Waals surface area (Å²) in [6.07, 6.45) is 0. The molecular formula is C15H22N2O3. The van der Waals surface area contributed by atoms with E-state index in [0.717, 1.165) is 31.9 Å². The highest BCUT2D eigenvalue weighted by molar-refractivity contribution is 5.69. The molecule has 2 rings (SSSR count). The number of rotatable bonds is 5. The van der Waals surface area contributed by atoms with Crippen LogP contribution in [-0.2, 0) is 4.79 Å². The Hall–Kier alpha value is -1.59. The van der Waals surface area contributed by atoms with E-state index in [2.05, 4.69) is 17.9 Å². The molecule has 1 aromatic rings. The number of para-hydroxylation sites is 1. The van der Waals surface area contributed by atoms with Crippen LogP contribution in [0, 0.1) is 0 Å². The quantitative estimate of drug-likeness (QED) is 0.883. The molecule has 0 spiro atoms. The Kier molecular flexibility index (Phi) is 4.98. The van der Waals surface area contributed by atoms with Crippen LogP contribution in [0.25, 0.3) is 0 Å². The minimum atomic E-state index is -0.753. The Bertz CT molecular complexity index is 456. The second-order valence-electron chi connectivity index (χ2n) is 5.12. The van der Waals surface area contributed by atoms with Gasteiger partial charge in [-0.1, -0.05) is 18.2 Å². The molecular weight excluding hydrogens is 256 g/mol. The minimum Gasteiger partial charge on any atom is -0.496 e. The molecule has 0 amide bonds. The summed E-state index contributed by atoms with van der Waals surface area (Å²) < 4.78 is 5.42. The van der Waals surface area contributed by atoms with Gasteiger partial charge >= 0.3 is 5.97 Å². The molecule has 0 bridgehead atoms. The Morgan fingerprint density at radius 1 is 1.30 bits per heavy atom. The molecule has 1 aliphatic heterocycles. The summed E-state index contributed by atoms with van der Waals surface area (Å²) in [7, 11) is 1.69. The Morgan fingerprint density at radius 3 is 2.55 bits per heavy atom. The number of carbonyl (C=O) groups is 1. The molecule has 5 heteroatoms. The van der Waals surface area contributed by atoms with Gasteiger partial charge in [0.15, 0.2) is 0 Å². The van der Waals surface area contributed by atoms with Crippen molar-refractivity contribution in [1.29, 1.82) is 0 Å². The highest BCUT2D eigenvalue weighted by Gasteiger charge is 2.24. The van der Waals surface area contributed by atoms with Crippen LogP contribution in [0.4, 0.5) is 0 Å². The second-order valence-corrected chi connectivity index (χ2v) is 5.12. The highest BCUT2D eigenvalue weighted by atomic mass is 16.5. The third kappa shape index (κ3) is 3.49. The fraction of sp³-hybridized carbons (Fsp3) is 0.533. The number of aliphatic carboxylic acids is 1. The molecule has 20 heavy (non-hydrogen) atoms. The number of hydrogen-bond acceptors (Lipinski definition) is 4. The fourth-order valence-electron chi connectivity index (χ4n) is 2.71. The van der Waals surface area contributed by atoms with Crippen molar-refractivity contribution in [3.05, 3.63) is 29.8 Å². The van der Waals surface area contributed by atoms with Crippen LogP contribution in [0.2, 0.25) is 0 Å². The molecule has 1 atom stereocenters. The number of methoxy groups -OCH3 is 1. The maximum Gasteiger partial charge on any atom is 0.317 e. The molecule has 0 saturated carbocycles. The first kappa shape index (κ1) is 14.8. The van der Waals surface area contributed by atoms with Gasteiger partial charge in [0.25, 0.3) is 0 Å². The number of hydrogen-bond donors (Lipinski definition) is 1. The molecule has 0 radical (unpaired) electrons. The fourth-order valence-corrected chi connectivity index (χ4v) is 2.71. The molecule has 1 aliphatic rings. The van der Waals surface area contributed by atoms with Gasteiger partial charge < -0.3 is 9.84 Å². The van der Waals surface area contributed by atoms with Gasteiger partial charge in [-0.25, -0.2) is 0 Å². The summed E-state index contributed by atoms with van der Waals surface area (Å²) >= 11 is 0. The van der Waals surface area contributed by atoms with Crippen molar-refractivity contribution in [1.82, 2.24) is 9.80 Å². The summed E-state index contributed by atoms with van der Waals surface area (Å²) in [4.78, 5) is 15.1. The predicted octanol–water partition coefficient (Wildman–Crippen LogP) is 1.46. The predicted molar refractivity (Wildman–Crippen MR) is 77.1 cm³/mol. The van der Waals surface area contributed by atoms with Gasteiger partial charge in [-0.05, 0) is 13.0 Å². The van der Waals surface area contributed by atoms with Crippen molar-refractivity contribution >= 4 is 5.97 Å². The molecule has 1 unspecified atom stereocenters. The first-order chi connectivity index (χ1) is 9.61. The van der Waals surface area contributed by atoms with Gasteiger partial charge in [-0.15, -0.1) is 0 Å². The third-order valence-electron chi connectivity index (χ3n) is 3.90. The van der Waals surface area contributed by atoms with Gasteiger partial charge in [-0.3, -0.25) is 14.6 Å². The summed E-state index contributed by atoms with van der Waals surface area (Å²) in [6, 6.07) is 8.34. The van der Waals surface area contributed by atoms with E-state index in [0.29, 0.717) is 0 Å². The minimum absolute atomic E-state index is 0.136. The van der Waals surface area contributed by atoms with Crippen LogP contribution in [0.15, 0.2) is 24.3 Å². The lowest BCUT2D eigenvalue weighted by Crippen LogP contribution is -2.48. The topological polar surface area (TPSA) is 53.0 Å². The standard InChI is InChI=1S/C15H22N2O3/c1-12(13-5-3-4-6-14(13)20-2)17-9-7-16(8-10-17)11-15(18)19/h3-6,12H,7-11H2,1-2H3,(H,18,19). The number of nitrogens with zero attached hydrogens (tertiary/aromatic N) is 2. The molecule has 1 N–H and O–H groups in total. The van der Waals surface area contributed by atoms with E-state index in [9.17, 15) is 4.79 Å². The highest BCUT2D eigenvalue weighted by Crippen LogP contribution is 2.29. The first-order valence-electron chi connectivity index (χ1n) is 6.93. The van der Waals surface area contributed by atoms with Crippen LogP contribution in [0.1, 0.15) is 18.5 Å². The Labute approximate surface area is 119 Å². The zero-order valence-electron chi connectivity index (χ0n) is 12.1. The summed E-state index contributed by atoms with van der Waals surface area (Å²) in [5, 5.41) is 8.82. The summed E-state index contributed by atoms with van der Waals surface area (Å²) in [6.45, 7) is 5.66. The molecule has 0 aromatic heterocycles. The Morgan fingerprint density at radius 2 is 1.95 bits per heavy atom. The number of ether oxygens (including phenoxy) is 1. The zero-order chi connectivity index (χ0) is 14.5. The molecule has 1 saturated heterocycles. The van der Waals surface area contributed by atoms with Crippen molar-refractivity contribution in [3.8, 4) is 5.75 Å². The van der Waals surface area contributed by atoms with Crippen molar-refractivity contribution < 1.29 is 14.6 Å². The van der Waals surface area contributed by atoms with Crippen LogP contribution in [0.3, 0.4) is 0 Å². The number of carboxylic acids is 1. The average Bonchev–Trinajstić information content (AvgIpc) is 2.46. The molecule has 1 fully saturated rings. The SMILES string of the molecule is COc1ccccc1C(C)N1CCN(CC(=O)O)CC1. The van der Waals surface area contributed by atoms with E-state index < -0.39 is 5.97 Å². The number of piperazine rings is 1. The summed E-state index contributed by atoms with van der Waals surface area (Å²) in [5.41, 5.74) is 1.18. The van der Waals surface area contributed by atoms with E-state index in [-0.39, 0.29) is 12.6 Å². The van der Waals surface area contributed by atoms with E-state index in [4.69, 9.17) is 9.84 Å². The number of benzene rings is 1. The van der Waals surface area contributed by atoms with Crippen LogP contribution in [0.5, 0.6) is 5.75 Å². The first-order valence-corrected chi connectivity index (χ1v) is 6.93. The normalized spacial score (nSPS) is 18.7. The van der Waals surface area contributed by atoms with Crippen LogP contribution in [-0.4, -0.2) is 60.7 Å². The lowest BCUT2D eigenvalue weighted by molar-refractivity contribution is -0.138. The largest absolute Gasteiger partial charge is 0.496 e. The molecule has 1 heterocycles. The van der Waals surface area contributed by atoms with Crippen molar-refractivity contribution in [2.24, 2.45) is 0 Å². The van der Waals surface area contributed by atoms with E-state index in [1.54, 1.807) is 7.11 Å². The maximum absolute atomic E-state index is 10.7. The van der Waals surface area contributed by atoms with E-state index >= 15 is 0 Å². The average molecular weight is 278 g/mol. The van der Waals surface area contributed by atoms with Gasteiger partial charge in [-0.2, -0.15) is 0 Å². The lowest BCUT2D eigenvalue weighted by Gasteiger charge is -2.37. The Balaban J connectivity index is 1.97. The number of carboxylic acid groups (broad SMARTS) is 1. The van der Waals surface area contributed by atoms with Gasteiger partial charge in [0, 0.05) is 37.8 Å². The van der Waals surface area contributed by atoms with Crippen molar-refractivity contribution in [2.45, 2.75) is 13.0 Å². The maximum atomic E-state index is 10.7. The van der Waals surface area contributed by atoms with Crippen molar-refractivity contribution in [3.63, 3.8) is 0 Å². The van der Waals surface area contributed by atoms with Gasteiger partial charge in [0.05, 0.1) is 13.7 Å². The van der Waals surface area contributed by atoms with E-state index in [1.807, 2.05) is 23.1 Å². The zero-order valence-corrected chi connectivity index (χ0v) is 12.1. The van der Waals surface area contributed by atoms with Gasteiger partial charge in [0.1, 0.15) is 5.75 Å². The molecule has 0 aliphatic carbocycles.